The minimum absolute atomic E-state index is 0.206. The van der Waals surface area contributed by atoms with E-state index < -0.39 is 32.9 Å². The molecule has 1 aromatic carbocycles. The monoisotopic (exact) mass is 493 g/mol. The van der Waals surface area contributed by atoms with E-state index in [2.05, 4.69) is 10.6 Å². The number of sulfone groups is 1. The van der Waals surface area contributed by atoms with Gasteiger partial charge in [-0.25, -0.2) is 8.42 Å². The molecule has 0 spiro atoms. The van der Waals surface area contributed by atoms with Gasteiger partial charge in [0.25, 0.3) is 11.5 Å². The lowest BCUT2D eigenvalue weighted by molar-refractivity contribution is -0.118. The quantitative estimate of drug-likeness (QED) is 0.525. The lowest BCUT2D eigenvalue weighted by Gasteiger charge is -2.23. The topological polar surface area (TPSA) is 114 Å². The van der Waals surface area contributed by atoms with E-state index in [0.29, 0.717) is 15.7 Å². The lowest BCUT2D eigenvalue weighted by atomic mass is 10.2. The van der Waals surface area contributed by atoms with Gasteiger partial charge in [-0.3, -0.25) is 19.0 Å². The highest BCUT2D eigenvalue weighted by molar-refractivity contribution is 7.91. The first-order valence-electron chi connectivity index (χ1n) is 9.40. The van der Waals surface area contributed by atoms with E-state index >= 15 is 0 Å². The molecule has 11 heteroatoms. The molecule has 0 bridgehead atoms. The van der Waals surface area contributed by atoms with E-state index in [1.165, 1.54) is 29.7 Å². The Labute approximate surface area is 193 Å². The molecule has 2 aromatic heterocycles. The van der Waals surface area contributed by atoms with Gasteiger partial charge in [0.2, 0.25) is 5.91 Å². The molecule has 32 heavy (non-hydrogen) atoms. The van der Waals surface area contributed by atoms with Crippen LogP contribution in [0.2, 0.25) is 4.34 Å². The molecule has 0 saturated heterocycles. The molecule has 1 unspecified atom stereocenters. The fraction of sp³-hybridized carbons (Fsp3) is 0.190. The van der Waals surface area contributed by atoms with Crippen molar-refractivity contribution < 1.29 is 18.0 Å². The third-order valence-corrected chi connectivity index (χ3v) is 7.60. The number of thiophene rings is 1. The summed E-state index contributed by atoms with van der Waals surface area (Å²) in [5, 5.41) is 3.94. The fourth-order valence-corrected chi connectivity index (χ4v) is 4.49. The average Bonchev–Trinajstić information content (AvgIpc) is 3.18. The number of anilines is 1. The minimum Gasteiger partial charge on any atom is -0.338 e. The number of amides is 2. The molecule has 2 atom stereocenters. The van der Waals surface area contributed by atoms with Crippen molar-refractivity contribution in [2.45, 2.75) is 18.2 Å². The van der Waals surface area contributed by atoms with E-state index in [0.717, 1.165) is 17.6 Å². The van der Waals surface area contributed by atoms with Crippen molar-refractivity contribution in [3.63, 3.8) is 0 Å². The van der Waals surface area contributed by atoms with Crippen LogP contribution in [0, 0.1) is 0 Å². The average molecular weight is 494 g/mol. The van der Waals surface area contributed by atoms with E-state index in [-0.39, 0.29) is 10.4 Å². The van der Waals surface area contributed by atoms with Gasteiger partial charge in [-0.05, 0) is 49.4 Å². The number of benzene rings is 1. The molecule has 3 aromatic rings. The van der Waals surface area contributed by atoms with Gasteiger partial charge >= 0.3 is 0 Å². The van der Waals surface area contributed by atoms with Crippen LogP contribution in [0.5, 0.6) is 0 Å². The Morgan fingerprint density at radius 1 is 1.06 bits per heavy atom. The number of hydrogen-bond donors (Lipinski definition) is 2. The molecule has 2 N–H and O–H groups in total. The first kappa shape index (κ1) is 23.7. The zero-order chi connectivity index (χ0) is 23.5. The third-order valence-electron chi connectivity index (χ3n) is 4.75. The molecule has 3 rings (SSSR count). The number of pyridine rings is 1. The SMILES string of the molecule is CC([C@H](NC(=O)c1ccc(Cl)s1)C(=O)Nc1ccc(-n2ccccc2=O)cc1)S(C)(=O)=O. The Morgan fingerprint density at radius 3 is 2.31 bits per heavy atom. The molecule has 0 saturated carbocycles. The summed E-state index contributed by atoms with van der Waals surface area (Å²) in [6, 6.07) is 12.9. The van der Waals surface area contributed by atoms with E-state index in [1.54, 1.807) is 42.6 Å². The highest BCUT2D eigenvalue weighted by Crippen LogP contribution is 2.22. The van der Waals surface area contributed by atoms with Gasteiger partial charge in [-0.1, -0.05) is 17.7 Å². The predicted octanol–water partition coefficient (Wildman–Crippen LogP) is 2.72. The minimum atomic E-state index is -3.65. The summed E-state index contributed by atoms with van der Waals surface area (Å²) in [5.41, 5.74) is 0.766. The van der Waals surface area contributed by atoms with Crippen molar-refractivity contribution in [2.24, 2.45) is 0 Å². The van der Waals surface area contributed by atoms with Crippen LogP contribution in [-0.4, -0.2) is 42.3 Å². The zero-order valence-electron chi connectivity index (χ0n) is 17.1. The zero-order valence-corrected chi connectivity index (χ0v) is 19.5. The second kappa shape index (κ2) is 9.68. The Bertz CT molecular complexity index is 1300. The molecule has 2 amide bonds. The van der Waals surface area contributed by atoms with Gasteiger partial charge in [0.1, 0.15) is 6.04 Å². The van der Waals surface area contributed by atoms with Crippen LogP contribution in [0.4, 0.5) is 5.69 Å². The second-order valence-electron chi connectivity index (χ2n) is 7.03. The number of rotatable bonds is 7. The van der Waals surface area contributed by atoms with Gasteiger partial charge in [-0.2, -0.15) is 0 Å². The Balaban J connectivity index is 1.81. The molecule has 0 aliphatic rings. The van der Waals surface area contributed by atoms with Crippen molar-refractivity contribution >= 4 is 50.3 Å². The Kier molecular flexibility index (Phi) is 7.17. The second-order valence-corrected chi connectivity index (χ2v) is 11.2. The van der Waals surface area contributed by atoms with Gasteiger partial charge in [0, 0.05) is 29.9 Å². The Morgan fingerprint density at radius 2 is 1.75 bits per heavy atom. The predicted molar refractivity (Wildman–Crippen MR) is 126 cm³/mol. The standard InChI is InChI=1S/C21H20ClN3O5S2/c1-13(32(2,29)30)19(24-20(27)16-10-11-17(22)31-16)21(28)23-14-6-8-15(9-7-14)25-12-4-3-5-18(25)26/h3-13,19H,1-2H3,(H,23,28)(H,24,27)/t13?,19-/m0/s1. The van der Waals surface area contributed by atoms with E-state index in [1.807, 2.05) is 0 Å². The number of nitrogens with zero attached hydrogens (tertiary/aromatic N) is 1. The maximum Gasteiger partial charge on any atom is 0.262 e. The molecule has 0 aliphatic carbocycles. The first-order valence-corrected chi connectivity index (χ1v) is 12.6. The van der Waals surface area contributed by atoms with Crippen molar-refractivity contribution in [3.8, 4) is 5.69 Å². The summed E-state index contributed by atoms with van der Waals surface area (Å²) in [6.07, 6.45) is 2.62. The molecule has 2 heterocycles. The van der Waals surface area contributed by atoms with Crippen LogP contribution >= 0.6 is 22.9 Å². The smallest absolute Gasteiger partial charge is 0.262 e. The van der Waals surface area contributed by atoms with Crippen molar-refractivity contribution in [1.82, 2.24) is 9.88 Å². The van der Waals surface area contributed by atoms with E-state index in [4.69, 9.17) is 11.6 Å². The summed E-state index contributed by atoms with van der Waals surface area (Å²) in [6.45, 7) is 1.35. The van der Waals surface area contributed by atoms with Crippen LogP contribution in [0.3, 0.4) is 0 Å². The summed E-state index contributed by atoms with van der Waals surface area (Å²) >= 11 is 6.87. The highest BCUT2D eigenvalue weighted by atomic mass is 35.5. The fourth-order valence-electron chi connectivity index (χ4n) is 2.86. The van der Waals surface area contributed by atoms with Crippen LogP contribution in [0.25, 0.3) is 5.69 Å². The van der Waals surface area contributed by atoms with Gasteiger partial charge < -0.3 is 10.6 Å². The third kappa shape index (κ3) is 5.64. The lowest BCUT2D eigenvalue weighted by Crippen LogP contribution is -2.52. The van der Waals surface area contributed by atoms with E-state index in [9.17, 15) is 22.8 Å². The summed E-state index contributed by atoms with van der Waals surface area (Å²) in [4.78, 5) is 37.6. The molecular formula is C21H20ClN3O5S2. The maximum absolute atomic E-state index is 12.9. The normalized spacial score (nSPS) is 13.2. The van der Waals surface area contributed by atoms with Crippen LogP contribution in [-0.2, 0) is 14.6 Å². The number of halogens is 1. The molecule has 8 nitrogen and oxygen atoms in total. The Hall–Kier alpha value is -2.95. The van der Waals surface area contributed by atoms with Gasteiger partial charge in [0.15, 0.2) is 9.84 Å². The number of carbonyl (C=O) groups excluding carboxylic acids is 2. The van der Waals surface area contributed by atoms with Crippen molar-refractivity contribution in [3.05, 3.63) is 80.4 Å². The number of carbonyl (C=O) groups is 2. The molecule has 168 valence electrons. The molecule has 0 aliphatic heterocycles. The van der Waals surface area contributed by atoms with Gasteiger partial charge in [-0.15, -0.1) is 11.3 Å². The summed E-state index contributed by atoms with van der Waals surface area (Å²) in [5.74, 6) is -1.29. The maximum atomic E-state index is 12.9. The molecule has 0 fully saturated rings. The molecular weight excluding hydrogens is 474 g/mol. The summed E-state index contributed by atoms with van der Waals surface area (Å²) in [7, 11) is -3.65. The number of hydrogen-bond acceptors (Lipinski definition) is 6. The van der Waals surface area contributed by atoms with Gasteiger partial charge in [0.05, 0.1) is 14.5 Å². The van der Waals surface area contributed by atoms with Crippen LogP contribution < -0.4 is 16.2 Å². The van der Waals surface area contributed by atoms with Crippen molar-refractivity contribution in [1.29, 1.82) is 0 Å². The summed E-state index contributed by atoms with van der Waals surface area (Å²) < 4.78 is 26.0. The largest absolute Gasteiger partial charge is 0.338 e. The van der Waals surface area contributed by atoms with Crippen LogP contribution in [0.15, 0.2) is 65.6 Å². The number of aromatic nitrogens is 1. The van der Waals surface area contributed by atoms with Crippen molar-refractivity contribution in [2.75, 3.05) is 11.6 Å². The number of nitrogens with one attached hydrogen (secondary N) is 2. The highest BCUT2D eigenvalue weighted by Gasteiger charge is 2.33. The molecule has 0 radical (unpaired) electrons. The first-order chi connectivity index (χ1) is 15.1. The van der Waals surface area contributed by atoms with Crippen LogP contribution in [0.1, 0.15) is 16.6 Å².